The Morgan fingerprint density at radius 1 is 0.900 bits per heavy atom. The molecular formula is C15H11F3OS. The molecule has 0 saturated heterocycles. The van der Waals surface area contributed by atoms with Crippen molar-refractivity contribution in [1.82, 2.24) is 0 Å². The van der Waals surface area contributed by atoms with E-state index in [1.54, 1.807) is 36.4 Å². The maximum atomic E-state index is 12.2. The lowest BCUT2D eigenvalue weighted by molar-refractivity contribution is -0.0328. The molecule has 0 fully saturated rings. The van der Waals surface area contributed by atoms with Gasteiger partial charge in [-0.3, -0.25) is 4.79 Å². The molecular weight excluding hydrogens is 285 g/mol. The number of hydrogen-bond acceptors (Lipinski definition) is 2. The summed E-state index contributed by atoms with van der Waals surface area (Å²) < 4.78 is 36.6. The van der Waals surface area contributed by atoms with Gasteiger partial charge in [-0.15, -0.1) is 0 Å². The smallest absolute Gasteiger partial charge is 0.295 e. The predicted molar refractivity (Wildman–Crippen MR) is 73.8 cm³/mol. The minimum atomic E-state index is -4.27. The van der Waals surface area contributed by atoms with Crippen LogP contribution in [0, 0.1) is 0 Å². The quantitative estimate of drug-likeness (QED) is 0.574. The number of carbonyl (C=O) groups excluding carboxylic acids is 1. The number of halogens is 3. The summed E-state index contributed by atoms with van der Waals surface area (Å²) in [6, 6.07) is 13.1. The van der Waals surface area contributed by atoms with Crippen LogP contribution in [0.15, 0.2) is 53.4 Å². The van der Waals surface area contributed by atoms with Crippen molar-refractivity contribution < 1.29 is 18.0 Å². The van der Waals surface area contributed by atoms with E-state index in [-0.39, 0.29) is 22.4 Å². The molecule has 0 N–H and O–H groups in total. The normalized spacial score (nSPS) is 11.4. The van der Waals surface area contributed by atoms with Gasteiger partial charge in [-0.1, -0.05) is 36.4 Å². The zero-order valence-electron chi connectivity index (χ0n) is 10.6. The zero-order valence-corrected chi connectivity index (χ0v) is 11.4. The van der Waals surface area contributed by atoms with E-state index in [9.17, 15) is 18.0 Å². The molecule has 5 heteroatoms. The molecule has 0 unspecified atom stereocenters. The molecule has 0 atom stereocenters. The van der Waals surface area contributed by atoms with Crippen molar-refractivity contribution in [3.8, 4) is 11.1 Å². The van der Waals surface area contributed by atoms with Gasteiger partial charge in [0, 0.05) is 10.5 Å². The first-order valence-corrected chi connectivity index (χ1v) is 6.64. The molecule has 0 saturated carbocycles. The van der Waals surface area contributed by atoms with E-state index in [2.05, 4.69) is 0 Å². The van der Waals surface area contributed by atoms with Gasteiger partial charge in [0.25, 0.3) is 0 Å². The summed E-state index contributed by atoms with van der Waals surface area (Å²) in [5.74, 6) is -0.0199. The number of benzene rings is 2. The second-order valence-corrected chi connectivity index (χ2v) is 5.34. The summed E-state index contributed by atoms with van der Waals surface area (Å²) in [5, 5.41) is 0. The third-order valence-corrected chi connectivity index (χ3v) is 3.45. The summed E-state index contributed by atoms with van der Waals surface area (Å²) in [4.78, 5) is 11.3. The molecule has 2 aromatic rings. The number of thioether (sulfide) groups is 1. The second-order valence-electron chi connectivity index (χ2n) is 4.21. The van der Waals surface area contributed by atoms with E-state index in [4.69, 9.17) is 0 Å². The SMILES string of the molecule is CC(=O)c1ccc(-c2ccc(SC(F)(F)F)cc2)cc1. The molecule has 0 aliphatic heterocycles. The van der Waals surface area contributed by atoms with E-state index in [0.717, 1.165) is 11.1 Å². The zero-order chi connectivity index (χ0) is 14.8. The predicted octanol–water partition coefficient (Wildman–Crippen LogP) is 5.17. The van der Waals surface area contributed by atoms with E-state index < -0.39 is 5.51 Å². The largest absolute Gasteiger partial charge is 0.446 e. The third-order valence-electron chi connectivity index (χ3n) is 2.71. The van der Waals surface area contributed by atoms with Crippen LogP contribution in [0.5, 0.6) is 0 Å². The number of hydrogen-bond donors (Lipinski definition) is 0. The lowest BCUT2D eigenvalue weighted by Gasteiger charge is -2.07. The van der Waals surface area contributed by atoms with Gasteiger partial charge in [0.2, 0.25) is 0 Å². The highest BCUT2D eigenvalue weighted by Crippen LogP contribution is 2.37. The Labute approximate surface area is 118 Å². The highest BCUT2D eigenvalue weighted by Gasteiger charge is 2.28. The number of rotatable bonds is 3. The molecule has 0 aliphatic carbocycles. The molecule has 0 heterocycles. The van der Waals surface area contributed by atoms with Crippen molar-refractivity contribution in [1.29, 1.82) is 0 Å². The minimum Gasteiger partial charge on any atom is -0.295 e. The molecule has 20 heavy (non-hydrogen) atoms. The fourth-order valence-electron chi connectivity index (χ4n) is 1.75. The molecule has 0 spiro atoms. The van der Waals surface area contributed by atoms with Crippen LogP contribution >= 0.6 is 11.8 Å². The molecule has 2 rings (SSSR count). The van der Waals surface area contributed by atoms with Crippen molar-refractivity contribution in [2.24, 2.45) is 0 Å². The number of ketones is 1. The minimum absolute atomic E-state index is 0.0199. The summed E-state index contributed by atoms with van der Waals surface area (Å²) in [6.45, 7) is 1.48. The maximum absolute atomic E-state index is 12.2. The molecule has 0 bridgehead atoms. The van der Waals surface area contributed by atoms with Gasteiger partial charge < -0.3 is 0 Å². The van der Waals surface area contributed by atoms with Crippen LogP contribution in [0.3, 0.4) is 0 Å². The average Bonchev–Trinajstić information content (AvgIpc) is 2.38. The van der Waals surface area contributed by atoms with E-state index >= 15 is 0 Å². The Kier molecular flexibility index (Phi) is 4.18. The maximum Gasteiger partial charge on any atom is 0.446 e. The number of Topliss-reactive ketones (excluding diaryl/α,β-unsaturated/α-hetero) is 1. The van der Waals surface area contributed by atoms with E-state index in [1.807, 2.05) is 0 Å². The first-order chi connectivity index (χ1) is 9.35. The lowest BCUT2D eigenvalue weighted by Crippen LogP contribution is -1.98. The van der Waals surface area contributed by atoms with Gasteiger partial charge in [0.1, 0.15) is 0 Å². The Morgan fingerprint density at radius 3 is 1.75 bits per heavy atom. The van der Waals surface area contributed by atoms with Crippen molar-refractivity contribution in [3.05, 3.63) is 54.1 Å². The molecule has 104 valence electrons. The van der Waals surface area contributed by atoms with Gasteiger partial charge in [0.15, 0.2) is 5.78 Å². The van der Waals surface area contributed by atoms with Crippen LogP contribution in [0.1, 0.15) is 17.3 Å². The van der Waals surface area contributed by atoms with Crippen LogP contribution in [0.2, 0.25) is 0 Å². The fourth-order valence-corrected chi connectivity index (χ4v) is 2.29. The number of alkyl halides is 3. The van der Waals surface area contributed by atoms with Crippen LogP contribution in [0.4, 0.5) is 13.2 Å². The van der Waals surface area contributed by atoms with Crippen molar-refractivity contribution in [2.75, 3.05) is 0 Å². The third kappa shape index (κ3) is 3.87. The first kappa shape index (κ1) is 14.7. The van der Waals surface area contributed by atoms with Gasteiger partial charge >= 0.3 is 5.51 Å². The average molecular weight is 296 g/mol. The number of carbonyl (C=O) groups is 1. The first-order valence-electron chi connectivity index (χ1n) is 5.82. The van der Waals surface area contributed by atoms with Crippen molar-refractivity contribution in [3.63, 3.8) is 0 Å². The van der Waals surface area contributed by atoms with E-state index in [1.165, 1.54) is 19.1 Å². The van der Waals surface area contributed by atoms with Crippen LogP contribution in [0.25, 0.3) is 11.1 Å². The Hall–Kier alpha value is -1.75. The Morgan fingerprint density at radius 2 is 1.35 bits per heavy atom. The summed E-state index contributed by atoms with van der Waals surface area (Å²) >= 11 is -0.134. The fraction of sp³-hybridized carbons (Fsp3) is 0.133. The van der Waals surface area contributed by atoms with Crippen molar-refractivity contribution >= 4 is 17.5 Å². The monoisotopic (exact) mass is 296 g/mol. The lowest BCUT2D eigenvalue weighted by atomic mass is 10.0. The van der Waals surface area contributed by atoms with Crippen LogP contribution in [-0.2, 0) is 0 Å². The summed E-state index contributed by atoms with van der Waals surface area (Å²) in [7, 11) is 0. The van der Waals surface area contributed by atoms with E-state index in [0.29, 0.717) is 5.56 Å². The topological polar surface area (TPSA) is 17.1 Å². The van der Waals surface area contributed by atoms with Gasteiger partial charge in [0.05, 0.1) is 0 Å². The highest BCUT2D eigenvalue weighted by molar-refractivity contribution is 8.00. The Balaban J connectivity index is 2.19. The molecule has 0 amide bonds. The molecule has 2 aromatic carbocycles. The Bertz CT molecular complexity index is 601. The molecule has 1 nitrogen and oxygen atoms in total. The van der Waals surface area contributed by atoms with Gasteiger partial charge in [-0.2, -0.15) is 13.2 Å². The van der Waals surface area contributed by atoms with Gasteiger partial charge in [-0.05, 0) is 41.9 Å². The summed E-state index contributed by atoms with van der Waals surface area (Å²) in [6.07, 6.45) is 0. The molecule has 0 aromatic heterocycles. The second kappa shape index (κ2) is 5.71. The molecule has 0 radical (unpaired) electrons. The highest BCUT2D eigenvalue weighted by atomic mass is 32.2. The summed E-state index contributed by atoms with van der Waals surface area (Å²) in [5.41, 5.74) is -1.99. The van der Waals surface area contributed by atoms with Crippen LogP contribution in [-0.4, -0.2) is 11.3 Å². The molecule has 0 aliphatic rings. The van der Waals surface area contributed by atoms with Crippen molar-refractivity contribution in [2.45, 2.75) is 17.3 Å². The standard InChI is InChI=1S/C15H11F3OS/c1-10(19)11-2-4-12(5-3-11)13-6-8-14(9-7-13)20-15(16,17)18/h2-9H,1H3. The van der Waals surface area contributed by atoms with Gasteiger partial charge in [-0.25, -0.2) is 0 Å². The van der Waals surface area contributed by atoms with Crippen LogP contribution < -0.4 is 0 Å².